The molecule has 1 aromatic carbocycles. The lowest BCUT2D eigenvalue weighted by Crippen LogP contribution is -2.40. The molecular formula is C17H22N2O. The van der Waals surface area contributed by atoms with Crippen molar-refractivity contribution in [3.63, 3.8) is 0 Å². The van der Waals surface area contributed by atoms with Crippen LogP contribution in [0.3, 0.4) is 0 Å². The van der Waals surface area contributed by atoms with Gasteiger partial charge in [-0.1, -0.05) is 43.5 Å². The lowest BCUT2D eigenvalue weighted by Gasteiger charge is -2.31. The summed E-state index contributed by atoms with van der Waals surface area (Å²) in [4.78, 5) is 17.3. The number of carbonyl (C=O) groups is 1. The van der Waals surface area contributed by atoms with Gasteiger partial charge in [0.05, 0.1) is 12.7 Å². The Morgan fingerprint density at radius 2 is 1.75 bits per heavy atom. The van der Waals surface area contributed by atoms with Gasteiger partial charge in [-0.3, -0.25) is 9.69 Å². The third kappa shape index (κ3) is 1.96. The summed E-state index contributed by atoms with van der Waals surface area (Å²) < 4.78 is 0. The lowest BCUT2D eigenvalue weighted by atomic mass is 9.93. The van der Waals surface area contributed by atoms with Crippen LogP contribution in [-0.4, -0.2) is 34.5 Å². The fourth-order valence-corrected chi connectivity index (χ4v) is 4.11. The highest BCUT2D eigenvalue weighted by molar-refractivity contribution is 5.84. The van der Waals surface area contributed by atoms with Crippen molar-refractivity contribution in [2.24, 2.45) is 0 Å². The van der Waals surface area contributed by atoms with Crippen molar-refractivity contribution in [1.29, 1.82) is 0 Å². The van der Waals surface area contributed by atoms with Crippen LogP contribution in [0.2, 0.25) is 0 Å². The summed E-state index contributed by atoms with van der Waals surface area (Å²) in [5.41, 5.74) is 2.77. The highest BCUT2D eigenvalue weighted by Crippen LogP contribution is 2.32. The first-order chi connectivity index (χ1) is 9.83. The van der Waals surface area contributed by atoms with E-state index in [9.17, 15) is 4.79 Å². The molecule has 3 nitrogen and oxygen atoms in total. The Hall–Kier alpha value is -1.35. The molecule has 1 aromatic rings. The fraction of sp³-hybridized carbons (Fsp3) is 0.588. The minimum atomic E-state index is 0.104. The van der Waals surface area contributed by atoms with Crippen molar-refractivity contribution in [3.8, 4) is 0 Å². The Bertz CT molecular complexity index is 521. The van der Waals surface area contributed by atoms with Crippen LogP contribution >= 0.6 is 0 Å². The summed E-state index contributed by atoms with van der Waals surface area (Å²) in [6.45, 7) is 1.79. The number of rotatable bonds is 1. The van der Waals surface area contributed by atoms with E-state index in [1.165, 1.54) is 43.2 Å². The summed E-state index contributed by atoms with van der Waals surface area (Å²) in [7, 11) is 0. The zero-order valence-electron chi connectivity index (χ0n) is 11.9. The predicted octanol–water partition coefficient (Wildman–Crippen LogP) is 2.55. The fourth-order valence-electron chi connectivity index (χ4n) is 4.11. The van der Waals surface area contributed by atoms with Crippen molar-refractivity contribution in [2.75, 3.05) is 6.67 Å². The molecule has 2 aliphatic heterocycles. The third-order valence-electron chi connectivity index (χ3n) is 5.26. The molecule has 0 radical (unpaired) electrons. The quantitative estimate of drug-likeness (QED) is 0.783. The Labute approximate surface area is 120 Å². The van der Waals surface area contributed by atoms with E-state index in [2.05, 4.69) is 34.1 Å². The van der Waals surface area contributed by atoms with Crippen molar-refractivity contribution in [3.05, 3.63) is 35.4 Å². The minimum Gasteiger partial charge on any atom is -0.325 e. The second kappa shape index (κ2) is 4.88. The van der Waals surface area contributed by atoms with E-state index in [1.54, 1.807) is 0 Å². The van der Waals surface area contributed by atoms with Gasteiger partial charge in [-0.25, -0.2) is 0 Å². The first-order valence-corrected chi connectivity index (χ1v) is 7.94. The molecule has 1 aliphatic carbocycles. The molecule has 2 heterocycles. The summed E-state index contributed by atoms with van der Waals surface area (Å²) in [5.74, 6) is 0.381. The van der Waals surface area contributed by atoms with Gasteiger partial charge >= 0.3 is 0 Å². The maximum absolute atomic E-state index is 12.7. The monoisotopic (exact) mass is 270 g/mol. The van der Waals surface area contributed by atoms with Crippen LogP contribution in [0, 0.1) is 0 Å². The average molecular weight is 270 g/mol. The third-order valence-corrected chi connectivity index (χ3v) is 5.26. The summed E-state index contributed by atoms with van der Waals surface area (Å²) in [6, 6.07) is 9.20. The van der Waals surface area contributed by atoms with Gasteiger partial charge in [0.2, 0.25) is 5.91 Å². The van der Waals surface area contributed by atoms with E-state index < -0.39 is 0 Å². The molecule has 3 heteroatoms. The van der Waals surface area contributed by atoms with Crippen LogP contribution in [0.15, 0.2) is 24.3 Å². The molecule has 1 amide bonds. The molecule has 20 heavy (non-hydrogen) atoms. The number of benzene rings is 1. The van der Waals surface area contributed by atoms with Crippen molar-refractivity contribution < 1.29 is 4.79 Å². The molecule has 1 saturated carbocycles. The van der Waals surface area contributed by atoms with E-state index in [4.69, 9.17) is 0 Å². The highest BCUT2D eigenvalue weighted by Gasteiger charge is 2.43. The molecule has 3 aliphatic rings. The Morgan fingerprint density at radius 1 is 1.00 bits per heavy atom. The number of hydrogen-bond acceptors (Lipinski definition) is 2. The number of fused-ring (bicyclic) bond motifs is 2. The summed E-state index contributed by atoms with van der Waals surface area (Å²) in [5, 5.41) is 0. The van der Waals surface area contributed by atoms with E-state index in [1.807, 2.05) is 0 Å². The average Bonchev–Trinajstić information content (AvgIpc) is 2.83. The Kier molecular flexibility index (Phi) is 3.03. The molecule has 0 bridgehead atoms. The topological polar surface area (TPSA) is 23.6 Å². The van der Waals surface area contributed by atoms with Crippen LogP contribution in [-0.2, 0) is 17.8 Å². The van der Waals surface area contributed by atoms with Gasteiger partial charge < -0.3 is 4.90 Å². The van der Waals surface area contributed by atoms with Crippen molar-refractivity contribution in [1.82, 2.24) is 9.80 Å². The molecule has 106 valence electrons. The first-order valence-electron chi connectivity index (χ1n) is 7.94. The van der Waals surface area contributed by atoms with Gasteiger partial charge in [-0.05, 0) is 30.4 Å². The van der Waals surface area contributed by atoms with Gasteiger partial charge in [0.15, 0.2) is 0 Å². The van der Waals surface area contributed by atoms with Gasteiger partial charge in [-0.2, -0.15) is 0 Å². The van der Waals surface area contributed by atoms with E-state index in [-0.39, 0.29) is 6.04 Å². The molecular weight excluding hydrogens is 248 g/mol. The maximum atomic E-state index is 12.7. The first kappa shape index (κ1) is 12.4. The zero-order chi connectivity index (χ0) is 13.5. The molecule has 1 atom stereocenters. The van der Waals surface area contributed by atoms with Crippen LogP contribution < -0.4 is 0 Å². The summed E-state index contributed by atoms with van der Waals surface area (Å²) >= 11 is 0. The zero-order valence-corrected chi connectivity index (χ0v) is 11.9. The minimum absolute atomic E-state index is 0.104. The molecule has 4 rings (SSSR count). The molecule has 2 fully saturated rings. The molecule has 1 saturated heterocycles. The smallest absolute Gasteiger partial charge is 0.241 e. The Balaban J connectivity index is 1.55. The predicted molar refractivity (Wildman–Crippen MR) is 78.1 cm³/mol. The number of hydrogen-bond donors (Lipinski definition) is 0. The largest absolute Gasteiger partial charge is 0.325 e. The van der Waals surface area contributed by atoms with E-state index in [0.717, 1.165) is 19.6 Å². The SMILES string of the molecule is O=C1[C@@H]2Cc3ccccc3CN2CN1C1CCCCC1. The lowest BCUT2D eigenvalue weighted by molar-refractivity contribution is -0.131. The maximum Gasteiger partial charge on any atom is 0.241 e. The standard InChI is InChI=1S/C17H22N2O/c20-17-16-10-13-6-4-5-7-14(13)11-18(16)12-19(17)15-8-2-1-3-9-15/h4-7,15-16H,1-3,8-12H2/t16-/m0/s1. The number of carbonyl (C=O) groups excluding carboxylic acids is 1. The number of amides is 1. The van der Waals surface area contributed by atoms with E-state index >= 15 is 0 Å². The van der Waals surface area contributed by atoms with E-state index in [0.29, 0.717) is 11.9 Å². The van der Waals surface area contributed by atoms with Crippen LogP contribution in [0.4, 0.5) is 0 Å². The molecule has 0 aromatic heterocycles. The van der Waals surface area contributed by atoms with Crippen LogP contribution in [0.25, 0.3) is 0 Å². The van der Waals surface area contributed by atoms with Gasteiger partial charge in [-0.15, -0.1) is 0 Å². The normalized spacial score (nSPS) is 27.5. The van der Waals surface area contributed by atoms with Crippen LogP contribution in [0.5, 0.6) is 0 Å². The molecule has 0 N–H and O–H groups in total. The van der Waals surface area contributed by atoms with Crippen molar-refractivity contribution >= 4 is 5.91 Å². The Morgan fingerprint density at radius 3 is 2.55 bits per heavy atom. The van der Waals surface area contributed by atoms with Crippen molar-refractivity contribution in [2.45, 2.75) is 57.2 Å². The molecule has 0 unspecified atom stereocenters. The van der Waals surface area contributed by atoms with Gasteiger partial charge in [0, 0.05) is 12.6 Å². The molecule has 0 spiro atoms. The summed E-state index contributed by atoms with van der Waals surface area (Å²) in [6.07, 6.45) is 7.24. The van der Waals surface area contributed by atoms with Crippen LogP contribution in [0.1, 0.15) is 43.2 Å². The van der Waals surface area contributed by atoms with Gasteiger partial charge in [0.1, 0.15) is 0 Å². The highest BCUT2D eigenvalue weighted by atomic mass is 16.2. The second-order valence-electron chi connectivity index (χ2n) is 6.48. The number of nitrogens with zero attached hydrogens (tertiary/aromatic N) is 2. The van der Waals surface area contributed by atoms with Gasteiger partial charge in [0.25, 0.3) is 0 Å². The second-order valence-corrected chi connectivity index (χ2v) is 6.48.